The highest BCUT2D eigenvalue weighted by Crippen LogP contribution is 2.15. The second-order valence-corrected chi connectivity index (χ2v) is 6.99. The van der Waals surface area contributed by atoms with Crippen LogP contribution in [-0.2, 0) is 17.6 Å². The normalized spacial score (nSPS) is 10.6. The average molecular weight is 389 g/mol. The summed E-state index contributed by atoms with van der Waals surface area (Å²) in [6.45, 7) is 0. The van der Waals surface area contributed by atoms with Gasteiger partial charge in [-0.15, -0.1) is 0 Å². The maximum absolute atomic E-state index is 12.0. The SMILES string of the molecule is COc1ccc(CCCCC(=O)CCCc2ccc(Br)cc2)cc1. The Hall–Kier alpha value is -1.61. The van der Waals surface area contributed by atoms with Gasteiger partial charge >= 0.3 is 0 Å². The fourth-order valence-corrected chi connectivity index (χ4v) is 2.97. The Morgan fingerprint density at radius 2 is 1.38 bits per heavy atom. The van der Waals surface area contributed by atoms with Gasteiger partial charge in [0.05, 0.1) is 7.11 Å². The quantitative estimate of drug-likeness (QED) is 0.483. The van der Waals surface area contributed by atoms with Gasteiger partial charge in [0.2, 0.25) is 0 Å². The summed E-state index contributed by atoms with van der Waals surface area (Å²) in [6, 6.07) is 16.5. The number of unbranched alkanes of at least 4 members (excludes halogenated alkanes) is 1. The summed E-state index contributed by atoms with van der Waals surface area (Å²) in [6.07, 6.45) is 6.38. The summed E-state index contributed by atoms with van der Waals surface area (Å²) in [5, 5.41) is 0. The van der Waals surface area contributed by atoms with Crippen molar-refractivity contribution >= 4 is 21.7 Å². The molecule has 0 aliphatic carbocycles. The van der Waals surface area contributed by atoms with Crippen molar-refractivity contribution in [1.82, 2.24) is 0 Å². The topological polar surface area (TPSA) is 26.3 Å². The molecule has 3 heteroatoms. The number of methoxy groups -OCH3 is 1. The van der Waals surface area contributed by atoms with E-state index in [0.29, 0.717) is 18.6 Å². The molecule has 0 radical (unpaired) electrons. The molecule has 2 nitrogen and oxygen atoms in total. The van der Waals surface area contributed by atoms with Gasteiger partial charge in [0.15, 0.2) is 0 Å². The van der Waals surface area contributed by atoms with Crippen LogP contribution in [0.3, 0.4) is 0 Å². The third-order valence-corrected chi connectivity index (χ3v) is 4.69. The van der Waals surface area contributed by atoms with Gasteiger partial charge in [-0.3, -0.25) is 4.79 Å². The van der Waals surface area contributed by atoms with E-state index in [1.165, 1.54) is 11.1 Å². The Labute approximate surface area is 153 Å². The zero-order valence-electron chi connectivity index (χ0n) is 14.3. The Morgan fingerprint density at radius 1 is 0.833 bits per heavy atom. The summed E-state index contributed by atoms with van der Waals surface area (Å²) in [5.41, 5.74) is 2.60. The third kappa shape index (κ3) is 6.88. The first-order chi connectivity index (χ1) is 11.7. The van der Waals surface area contributed by atoms with E-state index >= 15 is 0 Å². The molecular formula is C21H25BrO2. The molecule has 0 aliphatic rings. The number of ether oxygens (including phenoxy) is 1. The molecule has 0 atom stereocenters. The van der Waals surface area contributed by atoms with Gasteiger partial charge in [-0.1, -0.05) is 40.2 Å². The summed E-state index contributed by atoms with van der Waals surface area (Å²) < 4.78 is 6.25. The highest BCUT2D eigenvalue weighted by molar-refractivity contribution is 9.10. The molecule has 0 amide bonds. The van der Waals surface area contributed by atoms with Crippen molar-refractivity contribution in [3.8, 4) is 5.75 Å². The van der Waals surface area contributed by atoms with Gasteiger partial charge in [-0.25, -0.2) is 0 Å². The minimum atomic E-state index is 0.391. The minimum absolute atomic E-state index is 0.391. The van der Waals surface area contributed by atoms with Crippen molar-refractivity contribution in [2.75, 3.05) is 7.11 Å². The van der Waals surface area contributed by atoms with Crippen LogP contribution in [-0.4, -0.2) is 12.9 Å². The summed E-state index contributed by atoms with van der Waals surface area (Å²) in [5.74, 6) is 1.28. The third-order valence-electron chi connectivity index (χ3n) is 4.16. The summed E-state index contributed by atoms with van der Waals surface area (Å²) in [7, 11) is 1.68. The molecule has 0 bridgehead atoms. The highest BCUT2D eigenvalue weighted by atomic mass is 79.9. The van der Waals surface area contributed by atoms with E-state index in [1.54, 1.807) is 7.11 Å². The van der Waals surface area contributed by atoms with Gasteiger partial charge in [0.1, 0.15) is 11.5 Å². The van der Waals surface area contributed by atoms with Crippen molar-refractivity contribution in [1.29, 1.82) is 0 Å². The molecular weight excluding hydrogens is 364 g/mol. The largest absolute Gasteiger partial charge is 0.497 e. The maximum atomic E-state index is 12.0. The van der Waals surface area contributed by atoms with Gasteiger partial charge in [-0.2, -0.15) is 0 Å². The standard InChI is InChI=1S/C21H25BrO2/c1-24-21-15-11-17(12-16-21)5-2-3-7-20(23)8-4-6-18-9-13-19(22)14-10-18/h9-16H,2-8H2,1H3. The van der Waals surface area contributed by atoms with Crippen LogP contribution < -0.4 is 4.74 Å². The van der Waals surface area contributed by atoms with Crippen molar-refractivity contribution in [2.24, 2.45) is 0 Å². The van der Waals surface area contributed by atoms with E-state index in [9.17, 15) is 4.79 Å². The van der Waals surface area contributed by atoms with Crippen LogP contribution in [0.2, 0.25) is 0 Å². The molecule has 2 aromatic rings. The van der Waals surface area contributed by atoms with Crippen LogP contribution in [0.1, 0.15) is 43.2 Å². The number of aryl methyl sites for hydroxylation is 2. The predicted molar refractivity (Wildman–Crippen MR) is 103 cm³/mol. The van der Waals surface area contributed by atoms with Crippen LogP contribution in [0, 0.1) is 0 Å². The lowest BCUT2D eigenvalue weighted by atomic mass is 10.0. The van der Waals surface area contributed by atoms with Crippen LogP contribution in [0.5, 0.6) is 5.75 Å². The lowest BCUT2D eigenvalue weighted by molar-refractivity contribution is -0.119. The number of ketones is 1. The molecule has 2 rings (SSSR count). The Bertz CT molecular complexity index is 617. The number of hydrogen-bond acceptors (Lipinski definition) is 2. The number of Topliss-reactive ketones (excluding diaryl/α,β-unsaturated/α-hetero) is 1. The summed E-state index contributed by atoms with van der Waals surface area (Å²) in [4.78, 5) is 12.0. The smallest absolute Gasteiger partial charge is 0.132 e. The number of carbonyl (C=O) groups is 1. The predicted octanol–water partition coefficient (Wildman–Crippen LogP) is 5.76. The first-order valence-corrected chi connectivity index (χ1v) is 9.36. The monoisotopic (exact) mass is 388 g/mol. The lowest BCUT2D eigenvalue weighted by Crippen LogP contribution is -1.99. The number of rotatable bonds is 10. The molecule has 24 heavy (non-hydrogen) atoms. The molecule has 0 unspecified atom stereocenters. The summed E-state index contributed by atoms with van der Waals surface area (Å²) >= 11 is 3.44. The Balaban J connectivity index is 1.56. The molecule has 0 heterocycles. The maximum Gasteiger partial charge on any atom is 0.132 e. The second kappa shape index (κ2) is 10.3. The number of benzene rings is 2. The second-order valence-electron chi connectivity index (χ2n) is 6.07. The first kappa shape index (κ1) is 18.7. The Kier molecular flexibility index (Phi) is 8.03. The Morgan fingerprint density at radius 3 is 2.00 bits per heavy atom. The zero-order valence-corrected chi connectivity index (χ0v) is 15.8. The zero-order chi connectivity index (χ0) is 17.2. The fourth-order valence-electron chi connectivity index (χ4n) is 2.71. The van der Waals surface area contributed by atoms with Crippen molar-refractivity contribution in [2.45, 2.75) is 44.9 Å². The molecule has 0 spiro atoms. The molecule has 2 aromatic carbocycles. The van der Waals surface area contributed by atoms with E-state index in [-0.39, 0.29) is 0 Å². The van der Waals surface area contributed by atoms with Gasteiger partial charge in [0, 0.05) is 17.3 Å². The number of hydrogen-bond donors (Lipinski definition) is 0. The van der Waals surface area contributed by atoms with Crippen molar-refractivity contribution in [3.05, 3.63) is 64.1 Å². The lowest BCUT2D eigenvalue weighted by Gasteiger charge is -2.04. The van der Waals surface area contributed by atoms with Gasteiger partial charge in [-0.05, 0) is 67.5 Å². The van der Waals surface area contributed by atoms with E-state index in [0.717, 1.165) is 42.3 Å². The van der Waals surface area contributed by atoms with Crippen LogP contribution >= 0.6 is 15.9 Å². The van der Waals surface area contributed by atoms with Crippen molar-refractivity contribution in [3.63, 3.8) is 0 Å². The van der Waals surface area contributed by atoms with Crippen LogP contribution in [0.15, 0.2) is 53.0 Å². The fraction of sp³-hybridized carbons (Fsp3) is 0.381. The van der Waals surface area contributed by atoms with Gasteiger partial charge < -0.3 is 4.74 Å². The van der Waals surface area contributed by atoms with Crippen molar-refractivity contribution < 1.29 is 9.53 Å². The molecule has 0 aromatic heterocycles. The van der Waals surface area contributed by atoms with Gasteiger partial charge in [0.25, 0.3) is 0 Å². The molecule has 0 N–H and O–H groups in total. The molecule has 0 aliphatic heterocycles. The van der Waals surface area contributed by atoms with E-state index in [4.69, 9.17) is 4.74 Å². The van der Waals surface area contributed by atoms with E-state index < -0.39 is 0 Å². The van der Waals surface area contributed by atoms with Crippen LogP contribution in [0.4, 0.5) is 0 Å². The highest BCUT2D eigenvalue weighted by Gasteiger charge is 2.03. The van der Waals surface area contributed by atoms with E-state index in [1.807, 2.05) is 12.1 Å². The first-order valence-electron chi connectivity index (χ1n) is 8.56. The van der Waals surface area contributed by atoms with Crippen LogP contribution in [0.25, 0.3) is 0 Å². The molecule has 0 saturated heterocycles. The number of carbonyl (C=O) groups excluding carboxylic acids is 1. The molecule has 0 fully saturated rings. The average Bonchev–Trinajstić information content (AvgIpc) is 2.61. The number of halogens is 1. The van der Waals surface area contributed by atoms with E-state index in [2.05, 4.69) is 52.3 Å². The molecule has 128 valence electrons. The minimum Gasteiger partial charge on any atom is -0.497 e. The molecule has 0 saturated carbocycles.